The standard InChI is InChI=1S/C19H31N3O/c1-4-20-19(22-13-5-6-14-22)21-12-11-17-7-9-18(10-8-17)23-15-16(2)3/h7-10,16H,4-6,11-15H2,1-3H3,(H,20,21). The Morgan fingerprint density at radius 1 is 1.22 bits per heavy atom. The van der Waals surface area contributed by atoms with E-state index in [1.807, 2.05) is 0 Å². The number of nitrogens with one attached hydrogen (secondary N) is 1. The van der Waals surface area contributed by atoms with Crippen molar-refractivity contribution in [2.75, 3.05) is 32.8 Å². The smallest absolute Gasteiger partial charge is 0.193 e. The predicted molar refractivity (Wildman–Crippen MR) is 97.3 cm³/mol. The molecule has 1 fully saturated rings. The lowest BCUT2D eigenvalue weighted by Gasteiger charge is -2.20. The Morgan fingerprint density at radius 2 is 1.91 bits per heavy atom. The molecule has 23 heavy (non-hydrogen) atoms. The molecule has 0 aromatic heterocycles. The van der Waals surface area contributed by atoms with Crippen LogP contribution in [0.5, 0.6) is 5.75 Å². The summed E-state index contributed by atoms with van der Waals surface area (Å²) in [5, 5.41) is 3.40. The van der Waals surface area contributed by atoms with Gasteiger partial charge in [0.25, 0.3) is 0 Å². The van der Waals surface area contributed by atoms with Crippen LogP contribution in [-0.4, -0.2) is 43.6 Å². The first-order valence-corrected chi connectivity index (χ1v) is 8.94. The number of hydrogen-bond acceptors (Lipinski definition) is 2. The van der Waals surface area contributed by atoms with Gasteiger partial charge in [0, 0.05) is 26.2 Å². The van der Waals surface area contributed by atoms with Gasteiger partial charge in [0.1, 0.15) is 5.75 Å². The van der Waals surface area contributed by atoms with Gasteiger partial charge >= 0.3 is 0 Å². The van der Waals surface area contributed by atoms with Crippen LogP contribution in [0, 0.1) is 5.92 Å². The van der Waals surface area contributed by atoms with E-state index in [1.165, 1.54) is 18.4 Å². The third-order valence-corrected chi connectivity index (χ3v) is 3.91. The minimum atomic E-state index is 0.555. The van der Waals surface area contributed by atoms with E-state index in [2.05, 4.69) is 55.3 Å². The van der Waals surface area contributed by atoms with Gasteiger partial charge < -0.3 is 15.0 Å². The molecule has 1 heterocycles. The first-order chi connectivity index (χ1) is 11.2. The summed E-state index contributed by atoms with van der Waals surface area (Å²) in [5.41, 5.74) is 1.31. The van der Waals surface area contributed by atoms with Crippen molar-refractivity contribution in [2.24, 2.45) is 10.9 Å². The lowest BCUT2D eigenvalue weighted by molar-refractivity contribution is 0.271. The van der Waals surface area contributed by atoms with E-state index < -0.39 is 0 Å². The monoisotopic (exact) mass is 317 g/mol. The van der Waals surface area contributed by atoms with Crippen LogP contribution in [0.1, 0.15) is 39.2 Å². The predicted octanol–water partition coefficient (Wildman–Crippen LogP) is 3.33. The van der Waals surface area contributed by atoms with Gasteiger partial charge in [0.05, 0.1) is 6.61 Å². The normalized spacial score (nSPS) is 15.3. The third kappa shape index (κ3) is 6.12. The molecular weight excluding hydrogens is 286 g/mol. The molecule has 1 N–H and O–H groups in total. The lowest BCUT2D eigenvalue weighted by atomic mass is 10.1. The van der Waals surface area contributed by atoms with Gasteiger partial charge in [0.2, 0.25) is 0 Å². The molecule has 128 valence electrons. The molecule has 0 radical (unpaired) electrons. The fourth-order valence-corrected chi connectivity index (χ4v) is 2.66. The molecule has 0 unspecified atom stereocenters. The highest BCUT2D eigenvalue weighted by molar-refractivity contribution is 5.80. The summed E-state index contributed by atoms with van der Waals surface area (Å²) in [7, 11) is 0. The summed E-state index contributed by atoms with van der Waals surface area (Å²) < 4.78 is 5.72. The molecule has 0 saturated carbocycles. The lowest BCUT2D eigenvalue weighted by Crippen LogP contribution is -2.39. The minimum absolute atomic E-state index is 0.555. The van der Waals surface area contributed by atoms with E-state index in [1.54, 1.807) is 0 Å². The van der Waals surface area contributed by atoms with Gasteiger partial charge in [-0.25, -0.2) is 0 Å². The van der Waals surface area contributed by atoms with Gasteiger partial charge in [0.15, 0.2) is 5.96 Å². The molecular formula is C19H31N3O. The van der Waals surface area contributed by atoms with E-state index in [0.29, 0.717) is 5.92 Å². The molecule has 0 amide bonds. The molecule has 0 bridgehead atoms. The fourth-order valence-electron chi connectivity index (χ4n) is 2.66. The molecule has 1 aromatic rings. The van der Waals surface area contributed by atoms with Gasteiger partial charge in [-0.05, 0) is 49.8 Å². The average Bonchev–Trinajstić information content (AvgIpc) is 3.07. The summed E-state index contributed by atoms with van der Waals surface area (Å²) in [4.78, 5) is 7.14. The Balaban J connectivity index is 1.82. The van der Waals surface area contributed by atoms with Crippen molar-refractivity contribution in [3.05, 3.63) is 29.8 Å². The third-order valence-electron chi connectivity index (χ3n) is 3.91. The Morgan fingerprint density at radius 3 is 2.52 bits per heavy atom. The number of aliphatic imine (C=N–C) groups is 1. The van der Waals surface area contributed by atoms with E-state index in [0.717, 1.165) is 50.9 Å². The van der Waals surface area contributed by atoms with E-state index >= 15 is 0 Å². The Labute approximate surface area is 140 Å². The molecule has 0 atom stereocenters. The van der Waals surface area contributed by atoms with E-state index in [9.17, 15) is 0 Å². The van der Waals surface area contributed by atoms with Crippen LogP contribution >= 0.6 is 0 Å². The second-order valence-electron chi connectivity index (χ2n) is 6.53. The summed E-state index contributed by atoms with van der Waals surface area (Å²) in [6, 6.07) is 8.42. The molecule has 2 rings (SSSR count). The second kappa shape index (κ2) is 9.43. The summed E-state index contributed by atoms with van der Waals surface area (Å²) in [6.45, 7) is 11.2. The SMILES string of the molecule is CCNC(=NCCc1ccc(OCC(C)C)cc1)N1CCCC1. The highest BCUT2D eigenvalue weighted by Crippen LogP contribution is 2.14. The minimum Gasteiger partial charge on any atom is -0.493 e. The summed E-state index contributed by atoms with van der Waals surface area (Å²) >= 11 is 0. The van der Waals surface area contributed by atoms with Crippen LogP contribution in [-0.2, 0) is 6.42 Å². The van der Waals surface area contributed by atoms with Crippen LogP contribution in [0.15, 0.2) is 29.3 Å². The molecule has 1 aliphatic heterocycles. The zero-order valence-corrected chi connectivity index (χ0v) is 14.8. The Hall–Kier alpha value is -1.71. The van der Waals surface area contributed by atoms with Crippen molar-refractivity contribution in [3.63, 3.8) is 0 Å². The van der Waals surface area contributed by atoms with Crippen molar-refractivity contribution in [1.29, 1.82) is 0 Å². The molecule has 1 aromatic carbocycles. The van der Waals surface area contributed by atoms with Crippen molar-refractivity contribution in [3.8, 4) is 5.75 Å². The maximum atomic E-state index is 5.72. The highest BCUT2D eigenvalue weighted by atomic mass is 16.5. The molecule has 4 nitrogen and oxygen atoms in total. The number of ether oxygens (including phenoxy) is 1. The number of hydrogen-bond donors (Lipinski definition) is 1. The largest absolute Gasteiger partial charge is 0.493 e. The van der Waals surface area contributed by atoms with Crippen LogP contribution in [0.3, 0.4) is 0 Å². The molecule has 0 spiro atoms. The molecule has 0 aliphatic carbocycles. The molecule has 4 heteroatoms. The second-order valence-corrected chi connectivity index (χ2v) is 6.53. The Kier molecular flexibility index (Phi) is 7.24. The van der Waals surface area contributed by atoms with Crippen molar-refractivity contribution < 1.29 is 4.74 Å². The zero-order valence-electron chi connectivity index (χ0n) is 14.8. The van der Waals surface area contributed by atoms with Gasteiger partial charge in [-0.3, -0.25) is 4.99 Å². The zero-order chi connectivity index (χ0) is 16.5. The fraction of sp³-hybridized carbons (Fsp3) is 0.632. The topological polar surface area (TPSA) is 36.9 Å². The van der Waals surface area contributed by atoms with Crippen molar-refractivity contribution in [2.45, 2.75) is 40.0 Å². The van der Waals surface area contributed by atoms with E-state index in [-0.39, 0.29) is 0 Å². The van der Waals surface area contributed by atoms with Crippen LogP contribution in [0.4, 0.5) is 0 Å². The number of nitrogens with zero attached hydrogens (tertiary/aromatic N) is 2. The number of likely N-dealkylation sites (tertiary alicyclic amines) is 1. The quantitative estimate of drug-likeness (QED) is 0.619. The number of guanidine groups is 1. The van der Waals surface area contributed by atoms with Crippen LogP contribution in [0.2, 0.25) is 0 Å². The highest BCUT2D eigenvalue weighted by Gasteiger charge is 2.15. The number of rotatable bonds is 7. The van der Waals surface area contributed by atoms with Gasteiger partial charge in [-0.1, -0.05) is 26.0 Å². The van der Waals surface area contributed by atoms with Crippen LogP contribution in [0.25, 0.3) is 0 Å². The molecule has 1 saturated heterocycles. The maximum absolute atomic E-state index is 5.72. The number of benzene rings is 1. The van der Waals surface area contributed by atoms with Gasteiger partial charge in [-0.15, -0.1) is 0 Å². The summed E-state index contributed by atoms with van der Waals surface area (Å²) in [5.74, 6) is 2.58. The first-order valence-electron chi connectivity index (χ1n) is 8.94. The maximum Gasteiger partial charge on any atom is 0.193 e. The van der Waals surface area contributed by atoms with Crippen molar-refractivity contribution in [1.82, 2.24) is 10.2 Å². The average molecular weight is 317 g/mol. The van der Waals surface area contributed by atoms with Crippen molar-refractivity contribution >= 4 is 5.96 Å². The summed E-state index contributed by atoms with van der Waals surface area (Å²) in [6.07, 6.45) is 3.53. The Bertz CT molecular complexity index is 476. The van der Waals surface area contributed by atoms with E-state index in [4.69, 9.17) is 9.73 Å². The van der Waals surface area contributed by atoms with Crippen LogP contribution < -0.4 is 10.1 Å². The first kappa shape index (κ1) is 17.6. The van der Waals surface area contributed by atoms with Gasteiger partial charge in [-0.2, -0.15) is 0 Å². The molecule has 1 aliphatic rings.